The molecule has 0 aliphatic heterocycles. The van der Waals surface area contributed by atoms with Gasteiger partial charge >= 0.3 is 0 Å². The fourth-order valence-corrected chi connectivity index (χ4v) is 2.85. The number of Topliss-reactive ketones (excluding diaryl/α,β-unsaturated/α-hetero) is 1. The van der Waals surface area contributed by atoms with Crippen molar-refractivity contribution in [3.8, 4) is 0 Å². The lowest BCUT2D eigenvalue weighted by Crippen LogP contribution is -2.19. The van der Waals surface area contributed by atoms with E-state index in [9.17, 15) is 9.59 Å². The van der Waals surface area contributed by atoms with Crippen LogP contribution in [-0.4, -0.2) is 19.9 Å². The number of benzene rings is 1. The maximum absolute atomic E-state index is 12.4. The Morgan fingerprint density at radius 1 is 1.20 bits per heavy atom. The van der Waals surface area contributed by atoms with Gasteiger partial charge in [-0.15, -0.1) is 0 Å². The minimum Gasteiger partial charge on any atom is -0.333 e. The molecule has 128 valence electrons. The predicted molar refractivity (Wildman–Crippen MR) is 97.2 cm³/mol. The standard InChI is InChI=1S/C19H18ClN3O2/c1-2-23-11-15(6-7-19(23)25)18(24)9-17-12-22(13-21-17)10-14-4-3-5-16(20)8-14/h3-8,11-13H,2,9-10H2,1H3. The van der Waals surface area contributed by atoms with Crippen molar-refractivity contribution in [3.05, 3.63) is 87.3 Å². The highest BCUT2D eigenvalue weighted by Gasteiger charge is 2.11. The number of carbonyl (C=O) groups excluding carboxylic acids is 1. The topological polar surface area (TPSA) is 56.9 Å². The number of nitrogens with zero attached hydrogens (tertiary/aromatic N) is 3. The Hall–Kier alpha value is -2.66. The van der Waals surface area contributed by atoms with Crippen LogP contribution in [0.15, 0.2) is 59.9 Å². The molecule has 2 aromatic heterocycles. The first kappa shape index (κ1) is 17.2. The average Bonchev–Trinajstić information content (AvgIpc) is 3.02. The smallest absolute Gasteiger partial charge is 0.250 e. The Labute approximate surface area is 150 Å². The minimum atomic E-state index is -0.107. The summed E-state index contributed by atoms with van der Waals surface area (Å²) in [6.07, 6.45) is 5.36. The summed E-state index contributed by atoms with van der Waals surface area (Å²) in [5.41, 5.74) is 2.18. The first-order chi connectivity index (χ1) is 12.0. The summed E-state index contributed by atoms with van der Waals surface area (Å²) >= 11 is 5.99. The van der Waals surface area contributed by atoms with Crippen LogP contribution in [0.1, 0.15) is 28.5 Å². The molecule has 0 atom stereocenters. The number of rotatable bonds is 6. The zero-order valence-corrected chi connectivity index (χ0v) is 14.6. The van der Waals surface area contributed by atoms with E-state index in [1.807, 2.05) is 42.0 Å². The van der Waals surface area contributed by atoms with Crippen LogP contribution in [0.2, 0.25) is 5.02 Å². The predicted octanol–water partition coefficient (Wildman–Crippen LogP) is 3.19. The van der Waals surface area contributed by atoms with Crippen LogP contribution in [-0.2, 0) is 19.5 Å². The molecule has 2 heterocycles. The summed E-state index contributed by atoms with van der Waals surface area (Å²) in [6, 6.07) is 10.6. The van der Waals surface area contributed by atoms with Gasteiger partial charge in [0.1, 0.15) is 0 Å². The van der Waals surface area contributed by atoms with Gasteiger partial charge in [0.25, 0.3) is 5.56 Å². The molecule has 3 aromatic rings. The van der Waals surface area contributed by atoms with Gasteiger partial charge in [0, 0.05) is 42.1 Å². The van der Waals surface area contributed by atoms with Crippen molar-refractivity contribution < 1.29 is 4.79 Å². The summed E-state index contributed by atoms with van der Waals surface area (Å²) in [5.74, 6) is -0.0600. The third kappa shape index (κ3) is 4.25. The molecule has 0 aliphatic rings. The van der Waals surface area contributed by atoms with E-state index in [0.29, 0.717) is 29.4 Å². The lowest BCUT2D eigenvalue weighted by Gasteiger charge is -2.04. The van der Waals surface area contributed by atoms with E-state index in [0.717, 1.165) is 5.56 Å². The van der Waals surface area contributed by atoms with Crippen molar-refractivity contribution in [1.82, 2.24) is 14.1 Å². The zero-order valence-electron chi connectivity index (χ0n) is 13.9. The van der Waals surface area contributed by atoms with Crippen molar-refractivity contribution in [2.45, 2.75) is 26.4 Å². The molecule has 0 aliphatic carbocycles. The summed E-state index contributed by atoms with van der Waals surface area (Å²) < 4.78 is 3.44. The SMILES string of the molecule is CCn1cc(C(=O)Cc2cn(Cc3cccc(Cl)c3)cn2)ccc1=O. The van der Waals surface area contributed by atoms with Gasteiger partial charge in [-0.3, -0.25) is 9.59 Å². The molecule has 0 saturated heterocycles. The number of halogens is 1. The third-order valence-electron chi connectivity index (χ3n) is 3.93. The lowest BCUT2D eigenvalue weighted by molar-refractivity contribution is 0.0991. The van der Waals surface area contributed by atoms with E-state index in [1.54, 1.807) is 18.6 Å². The van der Waals surface area contributed by atoms with Crippen molar-refractivity contribution in [2.75, 3.05) is 0 Å². The molecule has 6 heteroatoms. The Balaban J connectivity index is 1.70. The maximum Gasteiger partial charge on any atom is 0.250 e. The van der Waals surface area contributed by atoms with Crippen LogP contribution in [0.25, 0.3) is 0 Å². The Morgan fingerprint density at radius 3 is 2.80 bits per heavy atom. The van der Waals surface area contributed by atoms with Crippen molar-refractivity contribution in [3.63, 3.8) is 0 Å². The molecule has 0 fully saturated rings. The van der Waals surface area contributed by atoms with Crippen LogP contribution < -0.4 is 5.56 Å². The van der Waals surface area contributed by atoms with Crippen LogP contribution in [0.4, 0.5) is 0 Å². The van der Waals surface area contributed by atoms with E-state index in [2.05, 4.69) is 4.98 Å². The summed E-state index contributed by atoms with van der Waals surface area (Å²) in [4.78, 5) is 28.3. The summed E-state index contributed by atoms with van der Waals surface area (Å²) in [5, 5.41) is 0.694. The molecule has 0 N–H and O–H groups in total. The minimum absolute atomic E-state index is 0.0600. The molecule has 3 rings (SSSR count). The van der Waals surface area contributed by atoms with Crippen molar-refractivity contribution >= 4 is 17.4 Å². The number of imidazole rings is 1. The van der Waals surface area contributed by atoms with Gasteiger partial charge < -0.3 is 9.13 Å². The van der Waals surface area contributed by atoms with E-state index >= 15 is 0 Å². The number of aromatic nitrogens is 3. The van der Waals surface area contributed by atoms with Gasteiger partial charge in [0.05, 0.1) is 18.4 Å². The number of hydrogen-bond acceptors (Lipinski definition) is 3. The maximum atomic E-state index is 12.4. The molecule has 5 nitrogen and oxygen atoms in total. The molecule has 0 bridgehead atoms. The van der Waals surface area contributed by atoms with Crippen LogP contribution in [0, 0.1) is 0 Å². The highest BCUT2D eigenvalue weighted by molar-refractivity contribution is 6.30. The zero-order chi connectivity index (χ0) is 17.8. The molecular formula is C19H18ClN3O2. The van der Waals surface area contributed by atoms with E-state index < -0.39 is 0 Å². The first-order valence-electron chi connectivity index (χ1n) is 8.04. The molecule has 0 radical (unpaired) electrons. The number of ketones is 1. The second-order valence-corrected chi connectivity index (χ2v) is 6.25. The average molecular weight is 356 g/mol. The van der Waals surface area contributed by atoms with Crippen LogP contribution in [0.3, 0.4) is 0 Å². The second kappa shape index (κ2) is 7.49. The molecule has 0 amide bonds. The van der Waals surface area contributed by atoms with Gasteiger partial charge in [0.2, 0.25) is 0 Å². The molecule has 0 unspecified atom stereocenters. The van der Waals surface area contributed by atoms with Crippen molar-refractivity contribution in [1.29, 1.82) is 0 Å². The second-order valence-electron chi connectivity index (χ2n) is 5.81. The van der Waals surface area contributed by atoms with Gasteiger partial charge in [0.15, 0.2) is 5.78 Å². The highest BCUT2D eigenvalue weighted by Crippen LogP contribution is 2.12. The van der Waals surface area contributed by atoms with E-state index in [1.165, 1.54) is 10.6 Å². The van der Waals surface area contributed by atoms with E-state index in [-0.39, 0.29) is 17.8 Å². The Kier molecular flexibility index (Phi) is 5.14. The van der Waals surface area contributed by atoms with Gasteiger partial charge in [-0.05, 0) is 30.7 Å². The fourth-order valence-electron chi connectivity index (χ4n) is 2.64. The van der Waals surface area contributed by atoms with Gasteiger partial charge in [-0.2, -0.15) is 0 Å². The fraction of sp³-hybridized carbons (Fsp3) is 0.211. The molecular weight excluding hydrogens is 338 g/mol. The highest BCUT2D eigenvalue weighted by atomic mass is 35.5. The van der Waals surface area contributed by atoms with Crippen molar-refractivity contribution in [2.24, 2.45) is 0 Å². The van der Waals surface area contributed by atoms with Crippen LogP contribution in [0.5, 0.6) is 0 Å². The molecule has 25 heavy (non-hydrogen) atoms. The quantitative estimate of drug-likeness (QED) is 0.638. The Morgan fingerprint density at radius 2 is 2.04 bits per heavy atom. The van der Waals surface area contributed by atoms with Crippen LogP contribution >= 0.6 is 11.6 Å². The molecule has 1 aromatic carbocycles. The lowest BCUT2D eigenvalue weighted by atomic mass is 10.1. The monoisotopic (exact) mass is 355 g/mol. The Bertz CT molecular complexity index is 959. The summed E-state index contributed by atoms with van der Waals surface area (Å²) in [7, 11) is 0. The number of carbonyl (C=O) groups is 1. The first-order valence-corrected chi connectivity index (χ1v) is 8.41. The third-order valence-corrected chi connectivity index (χ3v) is 4.16. The molecule has 0 spiro atoms. The number of pyridine rings is 1. The summed E-state index contributed by atoms with van der Waals surface area (Å²) in [6.45, 7) is 3.05. The van der Waals surface area contributed by atoms with Gasteiger partial charge in [-0.25, -0.2) is 4.98 Å². The normalized spacial score (nSPS) is 10.8. The van der Waals surface area contributed by atoms with Gasteiger partial charge in [-0.1, -0.05) is 23.7 Å². The van der Waals surface area contributed by atoms with E-state index in [4.69, 9.17) is 11.6 Å². The largest absolute Gasteiger partial charge is 0.333 e. The number of aryl methyl sites for hydroxylation is 1. The molecule has 0 saturated carbocycles. The number of hydrogen-bond donors (Lipinski definition) is 0.